The van der Waals surface area contributed by atoms with E-state index < -0.39 is 35.4 Å². The standard InChI is InChI=1S/C50H69N9O7S/c1-10-58-40-16-15-32-21-35(40)36(44(58)34-13-11-17-52-42(34)31(4)65-9)25-49(5,6)29-66-47(62)37-14-12-19-59(55-37)46(61)38(22-41-53-39(32)26-67-41)54-45(60)43(30(2)3)56(7)48(63)57-27-50(28-57)23-33(24-50)51-18-20-64-8/h11,13,15-17,21,26,30-31,33,37-38,43,51,55H,10,12,14,18-20,22-25,27-29H2,1-9H3,(H,54,60)/t31-,37-,38-,43-/m0/s1. The van der Waals surface area contributed by atoms with Crippen LogP contribution in [0.1, 0.15) is 89.6 Å². The highest BCUT2D eigenvalue weighted by Crippen LogP contribution is 2.49. The molecule has 0 unspecified atom stereocenters. The normalized spacial score (nSPS) is 21.6. The number of hydrazine groups is 1. The molecule has 362 valence electrons. The minimum absolute atomic E-state index is 0.110. The third-order valence-corrected chi connectivity index (χ3v) is 15.1. The molecule has 3 fully saturated rings. The van der Waals surface area contributed by atoms with Crippen LogP contribution in [0.4, 0.5) is 4.79 Å². The van der Waals surface area contributed by atoms with Gasteiger partial charge in [-0.2, -0.15) is 0 Å². The lowest BCUT2D eigenvalue weighted by Crippen LogP contribution is -2.69. The van der Waals surface area contributed by atoms with Gasteiger partial charge in [0, 0.05) is 111 Å². The summed E-state index contributed by atoms with van der Waals surface area (Å²) in [6.07, 6.45) is 5.31. The molecular weight excluding hydrogens is 871 g/mol. The molecule has 0 radical (unpaired) electrons. The molecule has 4 amide bonds. The van der Waals surface area contributed by atoms with Gasteiger partial charge in [-0.3, -0.25) is 24.4 Å². The van der Waals surface area contributed by atoms with Gasteiger partial charge < -0.3 is 39.2 Å². The maximum Gasteiger partial charge on any atom is 0.324 e. The topological polar surface area (TPSA) is 172 Å². The van der Waals surface area contributed by atoms with Gasteiger partial charge in [0.1, 0.15) is 18.1 Å². The first-order chi connectivity index (χ1) is 32.1. The summed E-state index contributed by atoms with van der Waals surface area (Å²) in [5, 5.41) is 11.8. The van der Waals surface area contributed by atoms with E-state index >= 15 is 0 Å². The van der Waals surface area contributed by atoms with Crippen LogP contribution in [0.25, 0.3) is 33.4 Å². The Morgan fingerprint density at radius 3 is 2.61 bits per heavy atom. The number of aryl methyl sites for hydroxylation is 1. The highest BCUT2D eigenvalue weighted by molar-refractivity contribution is 7.10. The molecule has 8 rings (SSSR count). The molecule has 67 heavy (non-hydrogen) atoms. The average Bonchev–Trinajstić information content (AvgIpc) is 3.88. The summed E-state index contributed by atoms with van der Waals surface area (Å²) in [5.41, 5.74) is 9.52. The number of methoxy groups -OCH3 is 2. The number of fused-ring (bicyclic) bond motifs is 6. The number of carbonyl (C=O) groups excluding carboxylic acids is 4. The number of amides is 4. The van der Waals surface area contributed by atoms with Crippen molar-refractivity contribution in [3.63, 3.8) is 0 Å². The third kappa shape index (κ3) is 9.98. The number of rotatable bonds is 12. The molecule has 4 aliphatic rings. The number of hydrogen-bond acceptors (Lipinski definition) is 12. The largest absolute Gasteiger partial charge is 0.464 e. The van der Waals surface area contributed by atoms with Crippen molar-refractivity contribution in [1.29, 1.82) is 0 Å². The number of thiazole rings is 1. The zero-order valence-electron chi connectivity index (χ0n) is 40.6. The van der Waals surface area contributed by atoms with Gasteiger partial charge in [0.2, 0.25) is 5.91 Å². The predicted octanol–water partition coefficient (Wildman–Crippen LogP) is 5.98. The molecule has 4 aromatic rings. The van der Waals surface area contributed by atoms with Crippen LogP contribution in [0.5, 0.6) is 0 Å². The number of hydrogen-bond donors (Lipinski definition) is 3. The van der Waals surface area contributed by atoms with Crippen molar-refractivity contribution >= 4 is 46.1 Å². The number of likely N-dealkylation sites (N-methyl/N-ethyl adjacent to an activating group) is 1. The van der Waals surface area contributed by atoms with Gasteiger partial charge in [-0.05, 0) is 81.7 Å². The second-order valence-corrected chi connectivity index (χ2v) is 21.2. The van der Waals surface area contributed by atoms with E-state index in [0.717, 1.165) is 64.1 Å². The molecule has 6 heterocycles. The molecule has 16 nitrogen and oxygen atoms in total. The molecule has 4 atom stereocenters. The number of aromatic nitrogens is 3. The fraction of sp³-hybridized carbons (Fsp3) is 0.600. The van der Waals surface area contributed by atoms with E-state index in [1.54, 1.807) is 27.5 Å². The molecular formula is C50H69N9O7S. The SMILES string of the molecule is CCn1c(-c2cccnc2[C@H](C)OC)c2c3cc(ccc31)-c1csc(n1)C[C@H](NC(=O)[C@H](C(C)C)N(C)C(=O)N1CC3(CC(NCCOC)C3)C1)C(=O)N1CCC[C@H](N1)C(=O)OCC(C)(C)C2. The molecule has 1 aliphatic carbocycles. The number of nitrogens with zero attached hydrogens (tertiary/aromatic N) is 6. The third-order valence-electron chi connectivity index (χ3n) is 14.2. The van der Waals surface area contributed by atoms with E-state index in [1.165, 1.54) is 21.2 Å². The van der Waals surface area contributed by atoms with Crippen LogP contribution in [0.3, 0.4) is 0 Å². The highest BCUT2D eigenvalue weighted by Gasteiger charge is 2.54. The number of ether oxygens (including phenoxy) is 3. The van der Waals surface area contributed by atoms with Crippen LogP contribution in [0.2, 0.25) is 0 Å². The Morgan fingerprint density at radius 1 is 1.12 bits per heavy atom. The summed E-state index contributed by atoms with van der Waals surface area (Å²) in [6, 6.07) is 8.05. The van der Waals surface area contributed by atoms with E-state index in [2.05, 4.69) is 65.7 Å². The van der Waals surface area contributed by atoms with Crippen molar-refractivity contribution in [3.8, 4) is 22.5 Å². The first-order valence-electron chi connectivity index (χ1n) is 23.9. The number of nitrogens with one attached hydrogen (secondary N) is 3. The van der Waals surface area contributed by atoms with Crippen molar-refractivity contribution in [2.45, 2.75) is 117 Å². The molecule has 1 saturated carbocycles. The lowest BCUT2D eigenvalue weighted by Gasteiger charge is -2.59. The summed E-state index contributed by atoms with van der Waals surface area (Å²) in [6.45, 7) is 16.1. The van der Waals surface area contributed by atoms with Gasteiger partial charge in [0.25, 0.3) is 5.91 Å². The lowest BCUT2D eigenvalue weighted by molar-refractivity contribution is -0.155. The number of pyridine rings is 1. The average molecular weight is 940 g/mol. The molecule has 3 aromatic heterocycles. The van der Waals surface area contributed by atoms with Crippen molar-refractivity contribution in [3.05, 3.63) is 58.2 Å². The Balaban J connectivity index is 1.10. The van der Waals surface area contributed by atoms with Gasteiger partial charge in [-0.25, -0.2) is 15.2 Å². The van der Waals surface area contributed by atoms with Crippen molar-refractivity contribution in [2.24, 2.45) is 16.7 Å². The van der Waals surface area contributed by atoms with Gasteiger partial charge in [0.05, 0.1) is 41.4 Å². The van der Waals surface area contributed by atoms with Gasteiger partial charge in [0.15, 0.2) is 0 Å². The first kappa shape index (κ1) is 48.5. The number of esters is 1. The summed E-state index contributed by atoms with van der Waals surface area (Å²) >= 11 is 1.43. The first-order valence-corrected chi connectivity index (χ1v) is 24.8. The second-order valence-electron chi connectivity index (χ2n) is 20.3. The van der Waals surface area contributed by atoms with E-state index in [4.69, 9.17) is 24.2 Å². The molecule has 3 N–H and O–H groups in total. The number of benzene rings is 1. The fourth-order valence-corrected chi connectivity index (χ4v) is 11.6. The van der Waals surface area contributed by atoms with Crippen LogP contribution in [-0.2, 0) is 48.0 Å². The molecule has 1 spiro atoms. The summed E-state index contributed by atoms with van der Waals surface area (Å²) < 4.78 is 19.4. The molecule has 2 saturated heterocycles. The Hall–Kier alpha value is -4.94. The van der Waals surface area contributed by atoms with E-state index in [9.17, 15) is 19.2 Å². The molecule has 3 aliphatic heterocycles. The fourth-order valence-electron chi connectivity index (χ4n) is 10.7. The van der Waals surface area contributed by atoms with Crippen molar-refractivity contribution in [2.75, 3.05) is 60.7 Å². The zero-order chi connectivity index (χ0) is 47.8. The monoisotopic (exact) mass is 940 g/mol. The Bertz CT molecular complexity index is 2450. The minimum atomic E-state index is -1.04. The lowest BCUT2D eigenvalue weighted by atomic mass is 9.60. The number of likely N-dealkylation sites (tertiary alicyclic amines) is 1. The highest BCUT2D eigenvalue weighted by atomic mass is 32.1. The van der Waals surface area contributed by atoms with E-state index in [1.807, 2.05) is 37.1 Å². The Kier molecular flexibility index (Phi) is 14.4. The van der Waals surface area contributed by atoms with E-state index in [-0.39, 0.29) is 42.4 Å². The van der Waals surface area contributed by atoms with Crippen LogP contribution in [0.15, 0.2) is 41.9 Å². The summed E-state index contributed by atoms with van der Waals surface area (Å²) in [5.74, 6) is -1.51. The van der Waals surface area contributed by atoms with Crippen molar-refractivity contribution in [1.82, 2.24) is 45.4 Å². The van der Waals surface area contributed by atoms with Crippen LogP contribution >= 0.6 is 11.3 Å². The predicted molar refractivity (Wildman–Crippen MR) is 258 cm³/mol. The zero-order valence-corrected chi connectivity index (χ0v) is 41.5. The smallest absolute Gasteiger partial charge is 0.324 e. The summed E-state index contributed by atoms with van der Waals surface area (Å²) in [7, 11) is 5.06. The second kappa shape index (κ2) is 20.0. The maximum atomic E-state index is 14.7. The Morgan fingerprint density at radius 2 is 1.90 bits per heavy atom. The van der Waals surface area contributed by atoms with Crippen LogP contribution in [0, 0.1) is 16.7 Å². The minimum Gasteiger partial charge on any atom is -0.464 e. The van der Waals surface area contributed by atoms with Gasteiger partial charge in [-0.15, -0.1) is 11.3 Å². The maximum absolute atomic E-state index is 14.7. The Labute approximate surface area is 398 Å². The van der Waals surface area contributed by atoms with Gasteiger partial charge >= 0.3 is 12.0 Å². The number of carbonyl (C=O) groups is 4. The van der Waals surface area contributed by atoms with E-state index in [0.29, 0.717) is 63.1 Å². The molecule has 6 bridgehead atoms. The quantitative estimate of drug-likeness (QED) is 0.113. The van der Waals surface area contributed by atoms with Gasteiger partial charge in [-0.1, -0.05) is 33.8 Å². The molecule has 17 heteroatoms. The van der Waals surface area contributed by atoms with Crippen molar-refractivity contribution < 1.29 is 33.4 Å². The number of cyclic esters (lactones) is 1. The van der Waals surface area contributed by atoms with Crippen LogP contribution < -0.4 is 16.1 Å². The number of urea groups is 1. The summed E-state index contributed by atoms with van der Waals surface area (Å²) in [4.78, 5) is 70.3. The van der Waals surface area contributed by atoms with Crippen LogP contribution in [-0.4, -0.2) is 138 Å². The molecule has 1 aromatic carbocycles.